The Kier molecular flexibility index (Phi) is 3.09. The minimum atomic E-state index is 1.04. The van der Waals surface area contributed by atoms with Gasteiger partial charge in [0.1, 0.15) is 0 Å². The minimum Gasteiger partial charge on any atom is -0.0617 e. The maximum atomic E-state index is 2.27. The molecule has 0 radical (unpaired) electrons. The van der Waals surface area contributed by atoms with Crippen LogP contribution in [0.3, 0.4) is 0 Å². The Morgan fingerprint density at radius 1 is 0.812 bits per heavy atom. The van der Waals surface area contributed by atoms with Crippen molar-refractivity contribution in [2.24, 2.45) is 0 Å². The van der Waals surface area contributed by atoms with Crippen LogP contribution in [0, 0.1) is 20.8 Å². The molecule has 0 atom stereocenters. The summed E-state index contributed by atoms with van der Waals surface area (Å²) in [6, 6.07) is 15.3. The van der Waals surface area contributed by atoms with Crippen LogP contribution in [-0.2, 0) is 6.42 Å². The van der Waals surface area contributed by atoms with E-state index in [0.717, 1.165) is 6.42 Å². The van der Waals surface area contributed by atoms with E-state index in [1.54, 1.807) is 0 Å². The zero-order chi connectivity index (χ0) is 11.5. The van der Waals surface area contributed by atoms with E-state index in [4.69, 9.17) is 0 Å². The highest BCUT2D eigenvalue weighted by atomic mass is 14.1. The second-order valence-corrected chi connectivity index (χ2v) is 4.54. The first-order chi connectivity index (χ1) is 7.66. The van der Waals surface area contributed by atoms with Crippen molar-refractivity contribution in [1.29, 1.82) is 0 Å². The van der Waals surface area contributed by atoms with Crippen LogP contribution in [0.4, 0.5) is 0 Å². The van der Waals surface area contributed by atoms with Crippen molar-refractivity contribution >= 4 is 0 Å². The first kappa shape index (κ1) is 10.9. The molecule has 0 unspecified atom stereocenters. The van der Waals surface area contributed by atoms with Crippen molar-refractivity contribution in [3.05, 3.63) is 70.3 Å². The van der Waals surface area contributed by atoms with Crippen molar-refractivity contribution in [1.82, 2.24) is 0 Å². The summed E-state index contributed by atoms with van der Waals surface area (Å²) >= 11 is 0. The van der Waals surface area contributed by atoms with Gasteiger partial charge in [-0.15, -0.1) is 0 Å². The molecule has 0 saturated carbocycles. The second kappa shape index (κ2) is 4.52. The van der Waals surface area contributed by atoms with Crippen LogP contribution >= 0.6 is 0 Å². The van der Waals surface area contributed by atoms with Gasteiger partial charge in [0.2, 0.25) is 0 Å². The Balaban J connectivity index is 2.34. The lowest BCUT2D eigenvalue weighted by Gasteiger charge is -2.10. The van der Waals surface area contributed by atoms with Crippen LogP contribution in [0.25, 0.3) is 0 Å². The zero-order valence-electron chi connectivity index (χ0n) is 10.2. The largest absolute Gasteiger partial charge is 0.0617 e. The standard InChI is InChI=1S/C16H18/c1-12-6-4-9-15(10-12)11-16-13(2)7-5-8-14(16)3/h4-10H,11H2,1-3H3. The van der Waals surface area contributed by atoms with Crippen molar-refractivity contribution in [3.63, 3.8) is 0 Å². The molecule has 0 heteroatoms. The highest BCUT2D eigenvalue weighted by Crippen LogP contribution is 2.18. The fourth-order valence-electron chi connectivity index (χ4n) is 2.15. The van der Waals surface area contributed by atoms with E-state index in [2.05, 4.69) is 63.2 Å². The van der Waals surface area contributed by atoms with Gasteiger partial charge in [-0.25, -0.2) is 0 Å². The molecule has 0 aliphatic heterocycles. The average Bonchev–Trinajstić information content (AvgIpc) is 2.24. The van der Waals surface area contributed by atoms with Crippen molar-refractivity contribution in [2.75, 3.05) is 0 Å². The molecule has 2 aromatic rings. The number of hydrogen-bond acceptors (Lipinski definition) is 0. The summed E-state index contributed by atoms with van der Waals surface area (Å²) in [5.41, 5.74) is 6.98. The molecule has 0 nitrogen and oxygen atoms in total. The predicted octanol–water partition coefficient (Wildman–Crippen LogP) is 4.20. The van der Waals surface area contributed by atoms with Crippen LogP contribution in [0.5, 0.6) is 0 Å². The van der Waals surface area contributed by atoms with Crippen LogP contribution in [0.15, 0.2) is 42.5 Å². The smallest absolute Gasteiger partial charge is 0.00204 e. The fraction of sp³-hybridized carbons (Fsp3) is 0.250. The first-order valence-corrected chi connectivity index (χ1v) is 5.77. The van der Waals surface area contributed by atoms with Gasteiger partial charge in [-0.3, -0.25) is 0 Å². The number of aryl methyl sites for hydroxylation is 3. The molecule has 0 aromatic heterocycles. The third-order valence-corrected chi connectivity index (χ3v) is 3.11. The van der Waals surface area contributed by atoms with E-state index in [9.17, 15) is 0 Å². The van der Waals surface area contributed by atoms with Gasteiger partial charge in [0.05, 0.1) is 0 Å². The molecule has 0 saturated heterocycles. The molecular formula is C16H18. The number of rotatable bonds is 2. The van der Waals surface area contributed by atoms with Gasteiger partial charge in [0, 0.05) is 0 Å². The average molecular weight is 210 g/mol. The summed E-state index contributed by atoms with van der Waals surface area (Å²) in [6.07, 6.45) is 1.04. The van der Waals surface area contributed by atoms with Gasteiger partial charge in [0.25, 0.3) is 0 Å². The Morgan fingerprint density at radius 3 is 2.06 bits per heavy atom. The highest BCUT2D eigenvalue weighted by molar-refractivity contribution is 5.38. The molecule has 0 aliphatic carbocycles. The molecule has 0 fully saturated rings. The molecule has 0 N–H and O–H groups in total. The van der Waals surface area contributed by atoms with Gasteiger partial charge < -0.3 is 0 Å². The van der Waals surface area contributed by atoms with Crippen molar-refractivity contribution < 1.29 is 0 Å². The Hall–Kier alpha value is -1.56. The van der Waals surface area contributed by atoms with Crippen LogP contribution in [0.2, 0.25) is 0 Å². The number of hydrogen-bond donors (Lipinski definition) is 0. The Labute approximate surface area is 97.9 Å². The maximum Gasteiger partial charge on any atom is -0.00204 e. The van der Waals surface area contributed by atoms with Crippen LogP contribution in [-0.4, -0.2) is 0 Å². The van der Waals surface area contributed by atoms with Gasteiger partial charge in [-0.05, 0) is 49.4 Å². The molecule has 0 spiro atoms. The van der Waals surface area contributed by atoms with Crippen molar-refractivity contribution in [3.8, 4) is 0 Å². The third kappa shape index (κ3) is 2.33. The molecule has 2 rings (SSSR count). The summed E-state index contributed by atoms with van der Waals surface area (Å²) in [4.78, 5) is 0. The monoisotopic (exact) mass is 210 g/mol. The number of benzene rings is 2. The third-order valence-electron chi connectivity index (χ3n) is 3.11. The molecule has 0 heterocycles. The molecule has 0 amide bonds. The van der Waals surface area contributed by atoms with Crippen LogP contribution < -0.4 is 0 Å². The molecule has 82 valence electrons. The van der Waals surface area contributed by atoms with Gasteiger partial charge >= 0.3 is 0 Å². The maximum absolute atomic E-state index is 2.27. The fourth-order valence-corrected chi connectivity index (χ4v) is 2.15. The van der Waals surface area contributed by atoms with E-state index < -0.39 is 0 Å². The summed E-state index contributed by atoms with van der Waals surface area (Å²) in [6.45, 7) is 6.53. The summed E-state index contributed by atoms with van der Waals surface area (Å²) in [7, 11) is 0. The highest BCUT2D eigenvalue weighted by Gasteiger charge is 2.03. The SMILES string of the molecule is Cc1cccc(Cc2c(C)cccc2C)c1. The summed E-state index contributed by atoms with van der Waals surface area (Å²) < 4.78 is 0. The second-order valence-electron chi connectivity index (χ2n) is 4.54. The van der Waals surface area contributed by atoms with E-state index in [-0.39, 0.29) is 0 Å². The molecule has 0 aliphatic rings. The Bertz CT molecular complexity index is 475. The van der Waals surface area contributed by atoms with Crippen molar-refractivity contribution in [2.45, 2.75) is 27.2 Å². The summed E-state index contributed by atoms with van der Waals surface area (Å²) in [5.74, 6) is 0. The van der Waals surface area contributed by atoms with Crippen LogP contribution in [0.1, 0.15) is 27.8 Å². The topological polar surface area (TPSA) is 0 Å². The lowest BCUT2D eigenvalue weighted by Crippen LogP contribution is -1.95. The predicted molar refractivity (Wildman–Crippen MR) is 69.9 cm³/mol. The lowest BCUT2D eigenvalue weighted by molar-refractivity contribution is 1.12. The van der Waals surface area contributed by atoms with E-state index in [1.165, 1.54) is 27.8 Å². The normalized spacial score (nSPS) is 10.4. The van der Waals surface area contributed by atoms with Gasteiger partial charge in [-0.2, -0.15) is 0 Å². The molecule has 0 bridgehead atoms. The molecule has 16 heavy (non-hydrogen) atoms. The quantitative estimate of drug-likeness (QED) is 0.696. The van der Waals surface area contributed by atoms with Gasteiger partial charge in [-0.1, -0.05) is 48.0 Å². The molecule has 2 aromatic carbocycles. The molecular weight excluding hydrogens is 192 g/mol. The van der Waals surface area contributed by atoms with E-state index in [0.29, 0.717) is 0 Å². The minimum absolute atomic E-state index is 1.04. The Morgan fingerprint density at radius 2 is 1.44 bits per heavy atom. The first-order valence-electron chi connectivity index (χ1n) is 5.77. The summed E-state index contributed by atoms with van der Waals surface area (Å²) in [5, 5.41) is 0. The van der Waals surface area contributed by atoms with E-state index >= 15 is 0 Å². The lowest BCUT2D eigenvalue weighted by atomic mass is 9.95. The zero-order valence-corrected chi connectivity index (χ0v) is 10.2. The van der Waals surface area contributed by atoms with E-state index in [1.807, 2.05) is 0 Å². The van der Waals surface area contributed by atoms with Gasteiger partial charge in [0.15, 0.2) is 0 Å².